The summed E-state index contributed by atoms with van der Waals surface area (Å²) in [6.45, 7) is 2.21. The lowest BCUT2D eigenvalue weighted by molar-refractivity contribution is -0.121. The average Bonchev–Trinajstić information content (AvgIpc) is 2.88. The highest BCUT2D eigenvalue weighted by atomic mass is 16.5. The Kier molecular flexibility index (Phi) is 4.71. The first-order chi connectivity index (χ1) is 10.1. The Bertz CT molecular complexity index is 631. The van der Waals surface area contributed by atoms with Gasteiger partial charge in [0.15, 0.2) is 0 Å². The maximum Gasteiger partial charge on any atom is 0.335 e. The van der Waals surface area contributed by atoms with Crippen LogP contribution in [0.5, 0.6) is 0 Å². The molecule has 0 unspecified atom stereocenters. The van der Waals surface area contributed by atoms with Crippen molar-refractivity contribution in [2.24, 2.45) is 0 Å². The summed E-state index contributed by atoms with van der Waals surface area (Å²) in [5.41, 5.74) is 2.78. The lowest BCUT2D eigenvalue weighted by atomic mass is 10.1. The molecule has 1 aromatic heterocycles. The van der Waals surface area contributed by atoms with E-state index in [1.165, 1.54) is 18.4 Å². The van der Waals surface area contributed by atoms with Gasteiger partial charge in [0.1, 0.15) is 12.0 Å². The molecular formula is C15H16N2O4. The summed E-state index contributed by atoms with van der Waals surface area (Å²) in [7, 11) is 0. The van der Waals surface area contributed by atoms with Gasteiger partial charge >= 0.3 is 5.97 Å². The van der Waals surface area contributed by atoms with Gasteiger partial charge in [-0.15, -0.1) is 0 Å². The zero-order valence-corrected chi connectivity index (χ0v) is 11.6. The summed E-state index contributed by atoms with van der Waals surface area (Å²) in [5, 5.41) is 15.4. The van der Waals surface area contributed by atoms with Crippen molar-refractivity contribution in [1.82, 2.24) is 10.5 Å². The molecule has 0 aliphatic rings. The molecule has 6 nitrogen and oxygen atoms in total. The minimum absolute atomic E-state index is 0.0836. The fraction of sp³-hybridized carbons (Fsp3) is 0.267. The third-order valence-corrected chi connectivity index (χ3v) is 3.14. The zero-order chi connectivity index (χ0) is 15.2. The molecule has 1 aromatic carbocycles. The molecule has 0 radical (unpaired) electrons. The van der Waals surface area contributed by atoms with Crippen molar-refractivity contribution in [1.29, 1.82) is 0 Å². The molecule has 2 N–H and O–H groups in total. The second kappa shape index (κ2) is 6.69. The molecule has 6 heteroatoms. The van der Waals surface area contributed by atoms with Gasteiger partial charge < -0.3 is 14.9 Å². The molecule has 0 atom stereocenters. The van der Waals surface area contributed by atoms with Crippen molar-refractivity contribution < 1.29 is 19.2 Å². The smallest absolute Gasteiger partial charge is 0.335 e. The van der Waals surface area contributed by atoms with Gasteiger partial charge in [0, 0.05) is 12.0 Å². The molecule has 1 heterocycles. The number of hydrogen-bond acceptors (Lipinski definition) is 4. The number of amides is 1. The molecular weight excluding hydrogens is 272 g/mol. The third-order valence-electron chi connectivity index (χ3n) is 3.14. The van der Waals surface area contributed by atoms with Gasteiger partial charge in [0.2, 0.25) is 5.91 Å². The molecule has 0 aliphatic carbocycles. The Morgan fingerprint density at radius 3 is 2.57 bits per heavy atom. The largest absolute Gasteiger partial charge is 0.478 e. The Hall–Kier alpha value is -2.63. The topological polar surface area (TPSA) is 92.4 Å². The van der Waals surface area contributed by atoms with Crippen LogP contribution >= 0.6 is 0 Å². The average molecular weight is 288 g/mol. The SMILES string of the molecule is Cc1conc1CNC(=O)CCc1ccc(C(=O)O)cc1. The van der Waals surface area contributed by atoms with E-state index in [1.807, 2.05) is 6.92 Å². The lowest BCUT2D eigenvalue weighted by Crippen LogP contribution is -2.23. The van der Waals surface area contributed by atoms with Gasteiger partial charge in [0.05, 0.1) is 12.1 Å². The molecule has 0 spiro atoms. The van der Waals surface area contributed by atoms with Crippen LogP contribution in [0, 0.1) is 6.92 Å². The number of aromatic nitrogens is 1. The van der Waals surface area contributed by atoms with Crippen molar-refractivity contribution in [3.05, 3.63) is 52.9 Å². The van der Waals surface area contributed by atoms with E-state index >= 15 is 0 Å². The van der Waals surface area contributed by atoms with Crippen molar-refractivity contribution >= 4 is 11.9 Å². The van der Waals surface area contributed by atoms with E-state index in [4.69, 9.17) is 9.63 Å². The first-order valence-electron chi connectivity index (χ1n) is 6.55. The lowest BCUT2D eigenvalue weighted by Gasteiger charge is -2.04. The number of aromatic carboxylic acids is 1. The van der Waals surface area contributed by atoms with E-state index < -0.39 is 5.97 Å². The van der Waals surface area contributed by atoms with Crippen LogP contribution in [-0.2, 0) is 17.8 Å². The van der Waals surface area contributed by atoms with Gasteiger partial charge in [-0.05, 0) is 31.0 Å². The molecule has 110 valence electrons. The number of benzene rings is 1. The number of hydrogen-bond donors (Lipinski definition) is 2. The van der Waals surface area contributed by atoms with E-state index in [9.17, 15) is 9.59 Å². The first-order valence-corrected chi connectivity index (χ1v) is 6.55. The van der Waals surface area contributed by atoms with Crippen LogP contribution in [-0.4, -0.2) is 22.1 Å². The zero-order valence-electron chi connectivity index (χ0n) is 11.6. The summed E-state index contributed by atoms with van der Waals surface area (Å²) >= 11 is 0. The standard InChI is InChI=1S/C15H16N2O4/c1-10-9-21-17-13(10)8-16-14(18)7-4-11-2-5-12(6-3-11)15(19)20/h2-3,5-6,9H,4,7-8H2,1H3,(H,16,18)(H,19,20). The van der Waals surface area contributed by atoms with E-state index in [1.54, 1.807) is 12.1 Å². The number of rotatable bonds is 6. The van der Waals surface area contributed by atoms with Crippen molar-refractivity contribution in [3.63, 3.8) is 0 Å². The minimum Gasteiger partial charge on any atom is -0.478 e. The van der Waals surface area contributed by atoms with E-state index in [-0.39, 0.29) is 11.5 Å². The number of nitrogens with zero attached hydrogens (tertiary/aromatic N) is 1. The Balaban J connectivity index is 1.78. The van der Waals surface area contributed by atoms with Crippen LogP contribution in [0.2, 0.25) is 0 Å². The molecule has 0 saturated heterocycles. The van der Waals surface area contributed by atoms with Crippen molar-refractivity contribution in [2.75, 3.05) is 0 Å². The fourth-order valence-electron chi connectivity index (χ4n) is 1.82. The quantitative estimate of drug-likeness (QED) is 0.847. The predicted octanol–water partition coefficient (Wildman–Crippen LogP) is 1.93. The second-order valence-electron chi connectivity index (χ2n) is 4.72. The highest BCUT2D eigenvalue weighted by molar-refractivity contribution is 5.87. The first kappa shape index (κ1) is 14.8. The van der Waals surface area contributed by atoms with Crippen LogP contribution in [0.25, 0.3) is 0 Å². The molecule has 0 aliphatic heterocycles. The minimum atomic E-state index is -0.956. The van der Waals surface area contributed by atoms with Gasteiger partial charge in [0.25, 0.3) is 0 Å². The number of carboxylic acids is 1. The van der Waals surface area contributed by atoms with Gasteiger partial charge in [-0.3, -0.25) is 4.79 Å². The number of carbonyl (C=O) groups excluding carboxylic acids is 1. The molecule has 2 rings (SSSR count). The van der Waals surface area contributed by atoms with E-state index in [0.29, 0.717) is 25.1 Å². The second-order valence-corrected chi connectivity index (χ2v) is 4.72. The number of carboxylic acid groups (broad SMARTS) is 1. The number of aryl methyl sites for hydroxylation is 2. The van der Waals surface area contributed by atoms with Crippen molar-refractivity contribution in [3.8, 4) is 0 Å². The van der Waals surface area contributed by atoms with Gasteiger partial charge in [-0.2, -0.15) is 0 Å². The Morgan fingerprint density at radius 2 is 2.00 bits per heavy atom. The maximum absolute atomic E-state index is 11.7. The van der Waals surface area contributed by atoms with Crippen LogP contribution in [0.4, 0.5) is 0 Å². The van der Waals surface area contributed by atoms with Gasteiger partial charge in [-0.1, -0.05) is 17.3 Å². The Labute approximate surface area is 121 Å². The number of carbonyl (C=O) groups is 2. The molecule has 1 amide bonds. The Morgan fingerprint density at radius 1 is 1.29 bits per heavy atom. The molecule has 0 saturated carbocycles. The third kappa shape index (κ3) is 4.17. The summed E-state index contributed by atoms with van der Waals surface area (Å²) in [4.78, 5) is 22.5. The summed E-state index contributed by atoms with van der Waals surface area (Å²) in [5.74, 6) is -1.04. The normalized spacial score (nSPS) is 10.3. The van der Waals surface area contributed by atoms with Crippen LogP contribution in [0.1, 0.15) is 33.6 Å². The molecule has 21 heavy (non-hydrogen) atoms. The van der Waals surface area contributed by atoms with Crippen LogP contribution in [0.15, 0.2) is 35.1 Å². The molecule has 0 bridgehead atoms. The van der Waals surface area contributed by atoms with Gasteiger partial charge in [-0.25, -0.2) is 4.79 Å². The number of nitrogens with one attached hydrogen (secondary N) is 1. The fourth-order valence-corrected chi connectivity index (χ4v) is 1.82. The van der Waals surface area contributed by atoms with Crippen molar-refractivity contribution in [2.45, 2.75) is 26.3 Å². The van der Waals surface area contributed by atoms with Crippen LogP contribution < -0.4 is 5.32 Å². The molecule has 2 aromatic rings. The van der Waals surface area contributed by atoms with E-state index in [2.05, 4.69) is 10.5 Å². The van der Waals surface area contributed by atoms with E-state index in [0.717, 1.165) is 11.1 Å². The monoisotopic (exact) mass is 288 g/mol. The summed E-state index contributed by atoms with van der Waals surface area (Å²) in [6, 6.07) is 6.51. The predicted molar refractivity (Wildman–Crippen MR) is 74.8 cm³/mol. The summed E-state index contributed by atoms with van der Waals surface area (Å²) < 4.78 is 4.79. The maximum atomic E-state index is 11.7. The highest BCUT2D eigenvalue weighted by Gasteiger charge is 2.07. The van der Waals surface area contributed by atoms with Crippen LogP contribution in [0.3, 0.4) is 0 Å². The summed E-state index contributed by atoms with van der Waals surface area (Å²) in [6.07, 6.45) is 2.43. The highest BCUT2D eigenvalue weighted by Crippen LogP contribution is 2.07. The molecule has 0 fully saturated rings.